The van der Waals surface area contributed by atoms with Crippen LogP contribution >= 0.6 is 0 Å². The second kappa shape index (κ2) is 37.3. The first kappa shape index (κ1) is 43.9. The molecule has 2 unspecified atom stereocenters. The first-order chi connectivity index (χ1) is 22.7. The van der Waals surface area contributed by atoms with Crippen LogP contribution in [0.2, 0.25) is 0 Å². The van der Waals surface area contributed by atoms with Crippen molar-refractivity contribution in [2.75, 3.05) is 6.54 Å². The Kier molecular flexibility index (Phi) is 35.6. The summed E-state index contributed by atoms with van der Waals surface area (Å²) in [6, 6.07) is 0. The van der Waals surface area contributed by atoms with Crippen LogP contribution in [0.25, 0.3) is 0 Å². The lowest BCUT2D eigenvalue weighted by atomic mass is 9.93. The smallest absolute Gasteiger partial charge is 0.306 e. The third kappa shape index (κ3) is 33.2. The molecule has 0 spiro atoms. The van der Waals surface area contributed by atoms with E-state index in [9.17, 15) is 4.79 Å². The minimum atomic E-state index is -0.0451. The monoisotopic (exact) mass is 638 g/mol. The van der Waals surface area contributed by atoms with Gasteiger partial charge in [0.2, 0.25) is 0 Å². The van der Waals surface area contributed by atoms with Crippen LogP contribution in [-0.2, 0) is 9.53 Å². The molecule has 3 nitrogen and oxygen atoms in total. The number of carbonyl (C=O) groups is 1. The average molecular weight is 638 g/mol. The Bertz CT molecular complexity index is 819. The summed E-state index contributed by atoms with van der Waals surface area (Å²) in [5, 5.41) is 0. The Morgan fingerprint density at radius 1 is 0.522 bits per heavy atom. The number of hydrogen-bond donors (Lipinski definition) is 1. The lowest BCUT2D eigenvalue weighted by molar-refractivity contribution is -0.152. The van der Waals surface area contributed by atoms with Gasteiger partial charge in [0.15, 0.2) is 0 Å². The van der Waals surface area contributed by atoms with Crippen molar-refractivity contribution in [3.8, 4) is 0 Å². The van der Waals surface area contributed by atoms with Crippen LogP contribution in [0.15, 0.2) is 72.9 Å². The fourth-order valence-electron chi connectivity index (χ4n) is 5.38. The van der Waals surface area contributed by atoms with Crippen molar-refractivity contribution in [1.29, 1.82) is 0 Å². The summed E-state index contributed by atoms with van der Waals surface area (Å²) >= 11 is 0. The first-order valence-electron chi connectivity index (χ1n) is 19.4. The molecule has 0 bridgehead atoms. The molecule has 0 rings (SSSR count). The van der Waals surface area contributed by atoms with E-state index in [1.165, 1.54) is 77.0 Å². The highest BCUT2D eigenvalue weighted by Crippen LogP contribution is 2.22. The lowest BCUT2D eigenvalue weighted by Gasteiger charge is -2.24. The zero-order valence-corrected chi connectivity index (χ0v) is 30.7. The molecule has 0 fully saturated rings. The summed E-state index contributed by atoms with van der Waals surface area (Å²) in [7, 11) is 0. The predicted molar refractivity (Wildman–Crippen MR) is 205 cm³/mol. The van der Waals surface area contributed by atoms with E-state index in [0.717, 1.165) is 70.6 Å². The fourth-order valence-corrected chi connectivity index (χ4v) is 5.38. The van der Waals surface area contributed by atoms with Gasteiger partial charge in [-0.1, -0.05) is 132 Å². The van der Waals surface area contributed by atoms with E-state index in [2.05, 4.69) is 93.7 Å². The van der Waals surface area contributed by atoms with E-state index in [0.29, 0.717) is 18.9 Å². The summed E-state index contributed by atoms with van der Waals surface area (Å²) in [4.78, 5) is 12.5. The van der Waals surface area contributed by atoms with Gasteiger partial charge in [0.05, 0.1) is 0 Å². The average Bonchev–Trinajstić information content (AvgIpc) is 3.05. The van der Waals surface area contributed by atoms with Gasteiger partial charge in [-0.15, -0.1) is 0 Å². The van der Waals surface area contributed by atoms with Gasteiger partial charge in [0, 0.05) is 6.42 Å². The SMILES string of the molecule is CCCCC/C=C\C/C=C\C/C=C\CCCCCC(OC(=O)CCCCN)C(C)CCCC/C=C\C/C=C\C/C=C\CCCCC. The van der Waals surface area contributed by atoms with Crippen molar-refractivity contribution < 1.29 is 9.53 Å². The molecular weight excluding hydrogens is 562 g/mol. The molecule has 0 aliphatic rings. The zero-order valence-electron chi connectivity index (χ0n) is 30.7. The molecule has 0 aromatic rings. The number of nitrogens with two attached hydrogens (primary N) is 1. The van der Waals surface area contributed by atoms with Crippen molar-refractivity contribution in [2.24, 2.45) is 11.7 Å². The maximum atomic E-state index is 12.5. The summed E-state index contributed by atoms with van der Waals surface area (Å²) < 4.78 is 6.03. The molecule has 264 valence electrons. The minimum absolute atomic E-state index is 0.0353. The lowest BCUT2D eigenvalue weighted by Crippen LogP contribution is -2.25. The molecule has 0 aromatic heterocycles. The minimum Gasteiger partial charge on any atom is -0.462 e. The van der Waals surface area contributed by atoms with Crippen molar-refractivity contribution in [3.63, 3.8) is 0 Å². The van der Waals surface area contributed by atoms with E-state index >= 15 is 0 Å². The topological polar surface area (TPSA) is 52.3 Å². The van der Waals surface area contributed by atoms with E-state index in [1.54, 1.807) is 0 Å². The Balaban J connectivity index is 4.23. The van der Waals surface area contributed by atoms with Crippen LogP contribution in [-0.4, -0.2) is 18.6 Å². The van der Waals surface area contributed by atoms with Crippen LogP contribution < -0.4 is 5.73 Å². The number of carbonyl (C=O) groups excluding carboxylic acids is 1. The maximum Gasteiger partial charge on any atom is 0.306 e. The number of unbranched alkanes of at least 4 members (excludes halogenated alkanes) is 12. The number of esters is 1. The molecule has 0 radical (unpaired) electrons. The number of ether oxygens (including phenoxy) is 1. The molecule has 46 heavy (non-hydrogen) atoms. The van der Waals surface area contributed by atoms with Crippen LogP contribution in [0.5, 0.6) is 0 Å². The van der Waals surface area contributed by atoms with Gasteiger partial charge in [-0.2, -0.15) is 0 Å². The molecule has 0 amide bonds. The predicted octanol–water partition coefficient (Wildman–Crippen LogP) is 13.2. The van der Waals surface area contributed by atoms with Crippen molar-refractivity contribution >= 4 is 5.97 Å². The van der Waals surface area contributed by atoms with E-state index in [4.69, 9.17) is 10.5 Å². The largest absolute Gasteiger partial charge is 0.462 e. The summed E-state index contributed by atoms with van der Waals surface area (Å²) in [6.45, 7) is 7.41. The summed E-state index contributed by atoms with van der Waals surface area (Å²) in [5.74, 6) is 0.356. The summed E-state index contributed by atoms with van der Waals surface area (Å²) in [5.41, 5.74) is 5.61. The highest BCUT2D eigenvalue weighted by molar-refractivity contribution is 5.69. The first-order valence-corrected chi connectivity index (χ1v) is 19.4. The molecule has 0 aromatic carbocycles. The Labute approximate surface area is 287 Å². The van der Waals surface area contributed by atoms with Gasteiger partial charge in [0.25, 0.3) is 0 Å². The molecule has 2 atom stereocenters. The maximum absolute atomic E-state index is 12.5. The standard InChI is InChI=1S/C43H75NO2/c1-4-6-8-10-12-14-16-18-20-22-24-26-28-30-32-34-38-42(46-43(45)39-35-36-40-44)41(3)37-33-31-29-27-25-23-21-19-17-15-13-11-9-7-5-2/h12-15,18-21,24-27,41-42H,4-11,16-17,22-23,28-40,44H2,1-3H3/b14-12-,15-13-,20-18-,21-19-,26-24-,27-25-. The van der Waals surface area contributed by atoms with Crippen molar-refractivity contribution in [2.45, 2.75) is 181 Å². The molecule has 0 saturated carbocycles. The van der Waals surface area contributed by atoms with Gasteiger partial charge in [-0.25, -0.2) is 0 Å². The highest BCUT2D eigenvalue weighted by Gasteiger charge is 2.21. The second-order valence-electron chi connectivity index (χ2n) is 12.9. The normalized spacial score (nSPS) is 13.9. The highest BCUT2D eigenvalue weighted by atomic mass is 16.5. The van der Waals surface area contributed by atoms with Crippen molar-refractivity contribution in [3.05, 3.63) is 72.9 Å². The molecule has 2 N–H and O–H groups in total. The van der Waals surface area contributed by atoms with E-state index < -0.39 is 0 Å². The van der Waals surface area contributed by atoms with E-state index in [1.807, 2.05) is 0 Å². The van der Waals surface area contributed by atoms with Gasteiger partial charge >= 0.3 is 5.97 Å². The quantitative estimate of drug-likeness (QED) is 0.0442. The number of hydrogen-bond acceptors (Lipinski definition) is 3. The van der Waals surface area contributed by atoms with E-state index in [-0.39, 0.29) is 12.1 Å². The van der Waals surface area contributed by atoms with Crippen LogP contribution in [0.4, 0.5) is 0 Å². The molecule has 3 heteroatoms. The van der Waals surface area contributed by atoms with Gasteiger partial charge in [-0.05, 0) is 122 Å². The van der Waals surface area contributed by atoms with Crippen LogP contribution in [0, 0.1) is 5.92 Å². The summed E-state index contributed by atoms with van der Waals surface area (Å²) in [6.07, 6.45) is 54.4. The molecule has 0 saturated heterocycles. The van der Waals surface area contributed by atoms with Gasteiger partial charge in [0.1, 0.15) is 6.10 Å². The molecule has 0 aliphatic carbocycles. The van der Waals surface area contributed by atoms with Crippen LogP contribution in [0.3, 0.4) is 0 Å². The third-order valence-corrected chi connectivity index (χ3v) is 8.43. The zero-order chi connectivity index (χ0) is 33.6. The second-order valence-corrected chi connectivity index (χ2v) is 12.9. The third-order valence-electron chi connectivity index (χ3n) is 8.43. The fraction of sp³-hybridized carbons (Fsp3) is 0.698. The molecular formula is C43H75NO2. The van der Waals surface area contributed by atoms with Gasteiger partial charge in [-0.3, -0.25) is 4.79 Å². The number of rotatable bonds is 33. The molecule has 0 heterocycles. The Hall–Kier alpha value is -2.13. The van der Waals surface area contributed by atoms with Crippen molar-refractivity contribution in [1.82, 2.24) is 0 Å². The molecule has 0 aliphatic heterocycles. The van der Waals surface area contributed by atoms with Gasteiger partial charge < -0.3 is 10.5 Å². The number of allylic oxidation sites excluding steroid dienone is 12. The van der Waals surface area contributed by atoms with Crippen LogP contribution in [0.1, 0.15) is 175 Å². The Morgan fingerprint density at radius 2 is 0.935 bits per heavy atom. The Morgan fingerprint density at radius 3 is 1.39 bits per heavy atom.